The van der Waals surface area contributed by atoms with Gasteiger partial charge >= 0.3 is 0 Å². The van der Waals surface area contributed by atoms with Crippen LogP contribution in [0.25, 0.3) is 0 Å². The SMILES string of the molecule is CC(=O)Sc1cc(F)cc(F)c1. The summed E-state index contributed by atoms with van der Waals surface area (Å²) >= 11 is 0.808. The standard InChI is InChI=1S/C8H6F2OS/c1-5(11)12-8-3-6(9)2-7(10)4-8/h2-4H,1H3. The third kappa shape index (κ3) is 2.62. The lowest BCUT2D eigenvalue weighted by molar-refractivity contribution is -0.109. The monoisotopic (exact) mass is 188 g/mol. The summed E-state index contributed by atoms with van der Waals surface area (Å²) in [6.07, 6.45) is 0. The minimum absolute atomic E-state index is 0.194. The summed E-state index contributed by atoms with van der Waals surface area (Å²) in [6.45, 7) is 1.34. The van der Waals surface area contributed by atoms with E-state index >= 15 is 0 Å². The number of carbonyl (C=O) groups is 1. The van der Waals surface area contributed by atoms with E-state index in [0.717, 1.165) is 30.0 Å². The second-order valence-corrected chi connectivity index (χ2v) is 3.45. The first-order valence-corrected chi connectivity index (χ1v) is 4.04. The van der Waals surface area contributed by atoms with E-state index in [-0.39, 0.29) is 5.12 Å². The predicted molar refractivity (Wildman–Crippen MR) is 42.9 cm³/mol. The van der Waals surface area contributed by atoms with Crippen LogP contribution >= 0.6 is 11.8 Å². The van der Waals surface area contributed by atoms with Crippen LogP contribution in [0, 0.1) is 11.6 Å². The molecule has 0 amide bonds. The molecule has 0 atom stereocenters. The summed E-state index contributed by atoms with van der Waals surface area (Å²) < 4.78 is 25.0. The second kappa shape index (κ2) is 3.67. The summed E-state index contributed by atoms with van der Waals surface area (Å²) in [6, 6.07) is 3.01. The van der Waals surface area contributed by atoms with Gasteiger partial charge in [-0.3, -0.25) is 4.79 Å². The van der Waals surface area contributed by atoms with Gasteiger partial charge < -0.3 is 0 Å². The van der Waals surface area contributed by atoms with Gasteiger partial charge in [0, 0.05) is 17.9 Å². The smallest absolute Gasteiger partial charge is 0.190 e. The summed E-state index contributed by atoms with van der Waals surface area (Å²) in [5, 5.41) is -0.194. The zero-order chi connectivity index (χ0) is 9.14. The van der Waals surface area contributed by atoms with E-state index in [1.165, 1.54) is 6.92 Å². The van der Waals surface area contributed by atoms with Crippen LogP contribution < -0.4 is 0 Å². The van der Waals surface area contributed by atoms with Crippen LogP contribution in [0.1, 0.15) is 6.92 Å². The highest BCUT2D eigenvalue weighted by molar-refractivity contribution is 8.13. The molecule has 64 valence electrons. The summed E-state index contributed by atoms with van der Waals surface area (Å²) in [4.78, 5) is 10.8. The number of hydrogen-bond donors (Lipinski definition) is 0. The fraction of sp³-hybridized carbons (Fsp3) is 0.125. The third-order valence-electron chi connectivity index (χ3n) is 1.10. The molecule has 0 bridgehead atoms. The van der Waals surface area contributed by atoms with E-state index in [9.17, 15) is 13.6 Å². The topological polar surface area (TPSA) is 17.1 Å². The molecule has 0 aliphatic carbocycles. The average Bonchev–Trinajstić information content (AvgIpc) is 1.81. The molecule has 0 N–H and O–H groups in total. The first-order chi connectivity index (χ1) is 5.58. The molecular formula is C8H6F2OS. The molecule has 0 aliphatic heterocycles. The van der Waals surface area contributed by atoms with E-state index in [1.807, 2.05) is 0 Å². The van der Waals surface area contributed by atoms with Crippen LogP contribution in [0.3, 0.4) is 0 Å². The lowest BCUT2D eigenvalue weighted by Gasteiger charge is -1.97. The van der Waals surface area contributed by atoms with Crippen molar-refractivity contribution in [1.82, 2.24) is 0 Å². The van der Waals surface area contributed by atoms with Crippen molar-refractivity contribution >= 4 is 16.9 Å². The number of carbonyl (C=O) groups excluding carboxylic acids is 1. The molecular weight excluding hydrogens is 182 g/mol. The lowest BCUT2D eigenvalue weighted by Crippen LogP contribution is -1.85. The van der Waals surface area contributed by atoms with Crippen LogP contribution in [0.2, 0.25) is 0 Å². The molecule has 0 aliphatic rings. The van der Waals surface area contributed by atoms with Gasteiger partial charge in [0.1, 0.15) is 11.6 Å². The zero-order valence-electron chi connectivity index (χ0n) is 6.30. The minimum atomic E-state index is -0.668. The van der Waals surface area contributed by atoms with Crippen molar-refractivity contribution in [3.05, 3.63) is 29.8 Å². The Balaban J connectivity index is 2.93. The van der Waals surface area contributed by atoms with E-state index < -0.39 is 11.6 Å². The fourth-order valence-corrected chi connectivity index (χ4v) is 1.43. The highest BCUT2D eigenvalue weighted by Crippen LogP contribution is 2.20. The maximum Gasteiger partial charge on any atom is 0.190 e. The van der Waals surface area contributed by atoms with Gasteiger partial charge in [0.25, 0.3) is 0 Å². The van der Waals surface area contributed by atoms with Gasteiger partial charge in [-0.15, -0.1) is 0 Å². The molecule has 1 nitrogen and oxygen atoms in total. The molecule has 0 aromatic heterocycles. The van der Waals surface area contributed by atoms with Crippen LogP contribution in [0.4, 0.5) is 8.78 Å². The van der Waals surface area contributed by atoms with Crippen LogP contribution in [0.15, 0.2) is 23.1 Å². The molecule has 0 spiro atoms. The molecule has 0 saturated heterocycles. The predicted octanol–water partition coefficient (Wildman–Crippen LogP) is 2.60. The minimum Gasteiger partial charge on any atom is -0.287 e. The van der Waals surface area contributed by atoms with Gasteiger partial charge in [0.2, 0.25) is 0 Å². The van der Waals surface area contributed by atoms with Gasteiger partial charge in [-0.1, -0.05) is 11.8 Å². The highest BCUT2D eigenvalue weighted by atomic mass is 32.2. The largest absolute Gasteiger partial charge is 0.287 e. The third-order valence-corrected chi connectivity index (χ3v) is 1.86. The molecule has 4 heteroatoms. The van der Waals surface area contributed by atoms with Gasteiger partial charge in [-0.2, -0.15) is 0 Å². The Bertz CT molecular complexity index is 292. The maximum absolute atomic E-state index is 12.5. The molecule has 0 radical (unpaired) electrons. The first-order valence-electron chi connectivity index (χ1n) is 3.22. The van der Waals surface area contributed by atoms with Gasteiger partial charge in [0.15, 0.2) is 5.12 Å². The van der Waals surface area contributed by atoms with Gasteiger partial charge in [-0.05, 0) is 12.1 Å². The number of hydrogen-bond acceptors (Lipinski definition) is 2. The van der Waals surface area contributed by atoms with Crippen molar-refractivity contribution in [3.63, 3.8) is 0 Å². The second-order valence-electron chi connectivity index (χ2n) is 2.20. The number of halogens is 2. The molecule has 1 rings (SSSR count). The molecule has 0 unspecified atom stereocenters. The lowest BCUT2D eigenvalue weighted by atomic mass is 10.3. The molecule has 0 heterocycles. The number of rotatable bonds is 1. The molecule has 1 aromatic carbocycles. The van der Waals surface area contributed by atoms with Crippen molar-refractivity contribution < 1.29 is 13.6 Å². The van der Waals surface area contributed by atoms with Crippen molar-refractivity contribution in [3.8, 4) is 0 Å². The van der Waals surface area contributed by atoms with E-state index in [4.69, 9.17) is 0 Å². The van der Waals surface area contributed by atoms with Crippen molar-refractivity contribution in [1.29, 1.82) is 0 Å². The molecule has 1 aromatic rings. The maximum atomic E-state index is 12.5. The summed E-state index contributed by atoms with van der Waals surface area (Å²) in [7, 11) is 0. The van der Waals surface area contributed by atoms with Gasteiger partial charge in [-0.25, -0.2) is 8.78 Å². The van der Waals surface area contributed by atoms with E-state index in [0.29, 0.717) is 4.90 Å². The normalized spacial score (nSPS) is 9.92. The number of benzene rings is 1. The van der Waals surface area contributed by atoms with Crippen LogP contribution in [-0.2, 0) is 4.79 Å². The first kappa shape index (κ1) is 9.19. The van der Waals surface area contributed by atoms with Crippen LogP contribution in [0.5, 0.6) is 0 Å². The quantitative estimate of drug-likeness (QED) is 0.630. The Morgan fingerprint density at radius 1 is 1.25 bits per heavy atom. The van der Waals surface area contributed by atoms with Crippen molar-refractivity contribution in [2.75, 3.05) is 0 Å². The molecule has 0 fully saturated rings. The Hall–Kier alpha value is -0.900. The number of thioether (sulfide) groups is 1. The summed E-state index contributed by atoms with van der Waals surface area (Å²) in [5.74, 6) is -1.34. The average molecular weight is 188 g/mol. The van der Waals surface area contributed by atoms with Crippen LogP contribution in [-0.4, -0.2) is 5.12 Å². The highest BCUT2D eigenvalue weighted by Gasteiger charge is 2.02. The molecule has 0 saturated carbocycles. The molecule has 12 heavy (non-hydrogen) atoms. The van der Waals surface area contributed by atoms with E-state index in [1.54, 1.807) is 0 Å². The van der Waals surface area contributed by atoms with Gasteiger partial charge in [0.05, 0.1) is 0 Å². The fourth-order valence-electron chi connectivity index (χ4n) is 0.753. The van der Waals surface area contributed by atoms with Crippen molar-refractivity contribution in [2.45, 2.75) is 11.8 Å². The Kier molecular flexibility index (Phi) is 2.81. The van der Waals surface area contributed by atoms with E-state index in [2.05, 4.69) is 0 Å². The zero-order valence-corrected chi connectivity index (χ0v) is 7.12. The Morgan fingerprint density at radius 3 is 2.17 bits per heavy atom. The Morgan fingerprint density at radius 2 is 1.75 bits per heavy atom. The summed E-state index contributed by atoms with van der Waals surface area (Å²) in [5.41, 5.74) is 0. The Labute approximate surface area is 72.8 Å². The van der Waals surface area contributed by atoms with Crippen molar-refractivity contribution in [2.24, 2.45) is 0 Å².